The molecule has 2 aliphatic heterocycles. The van der Waals surface area contributed by atoms with E-state index < -0.39 is 0 Å². The molecule has 240 valence electrons. The fraction of sp³-hybridized carbons (Fsp3) is 0.154. The minimum absolute atomic E-state index is 0.429. The second-order valence-corrected chi connectivity index (χ2v) is 9.86. The minimum Gasteiger partial charge on any atom is -0.324 e. The molecule has 48 heavy (non-hydrogen) atoms. The van der Waals surface area contributed by atoms with E-state index in [9.17, 15) is 4.79 Å². The Morgan fingerprint density at radius 3 is 1.35 bits per heavy atom. The Balaban J connectivity index is 0.000000713. The van der Waals surface area contributed by atoms with E-state index in [0.29, 0.717) is 57.0 Å². The van der Waals surface area contributed by atoms with Crippen molar-refractivity contribution in [2.24, 2.45) is 0 Å². The third-order valence-electron chi connectivity index (χ3n) is 7.48. The molecule has 9 heteroatoms. The Morgan fingerprint density at radius 1 is 0.500 bits per heavy atom. The Kier molecular flexibility index (Phi) is 10.1. The number of hydrogen-bond acceptors (Lipinski definition) is 7. The molecule has 6 aromatic rings. The van der Waals surface area contributed by atoms with Crippen LogP contribution in [0.2, 0.25) is 0 Å². The van der Waals surface area contributed by atoms with Crippen LogP contribution in [0.4, 0.5) is 0 Å². The molecule has 3 aromatic heterocycles. The lowest BCUT2D eigenvalue weighted by Gasteiger charge is -1.99. The topological polar surface area (TPSA) is 126 Å². The number of carbonyl (C=O) groups is 1. The van der Waals surface area contributed by atoms with E-state index in [4.69, 9.17) is 29.9 Å². The van der Waals surface area contributed by atoms with Crippen LogP contribution < -0.4 is 0 Å². The molecule has 2 aliphatic rings. The van der Waals surface area contributed by atoms with Gasteiger partial charge in [0.1, 0.15) is 28.9 Å². The number of aromatic amines is 2. The van der Waals surface area contributed by atoms with Gasteiger partial charge in [0.15, 0.2) is 23.3 Å². The van der Waals surface area contributed by atoms with E-state index in [1.807, 2.05) is 96.1 Å². The van der Waals surface area contributed by atoms with Gasteiger partial charge < -0.3 is 9.97 Å². The highest BCUT2D eigenvalue weighted by Gasteiger charge is 2.22. The molecular weight excluding hydrogens is 596 g/mol. The maximum Gasteiger partial charge on any atom is 0.164 e. The summed E-state index contributed by atoms with van der Waals surface area (Å²) in [6, 6.07) is 21.1. The molecule has 0 amide bonds. The molecule has 2 N–H and O–H groups in total. The molecule has 8 bridgehead atoms. The highest BCUT2D eigenvalue weighted by Crippen LogP contribution is 2.37. The van der Waals surface area contributed by atoms with Crippen molar-refractivity contribution in [1.82, 2.24) is 39.9 Å². The lowest BCUT2D eigenvalue weighted by atomic mass is 10.1. The molecule has 0 saturated carbocycles. The van der Waals surface area contributed by atoms with Crippen LogP contribution in [0.3, 0.4) is 0 Å². The number of carbonyl (C=O) groups excluding carboxylic acids is 1. The van der Waals surface area contributed by atoms with Crippen LogP contribution in [0.15, 0.2) is 79.9 Å². The van der Waals surface area contributed by atoms with Gasteiger partial charge in [-0.05, 0) is 12.1 Å². The zero-order chi connectivity index (χ0) is 34.4. The van der Waals surface area contributed by atoms with Crippen LogP contribution in [-0.4, -0.2) is 46.2 Å². The SMILES string of the molecule is C=Cc1c(C=C)c2nc3nc(nc4[nH]c(nc5nc(nc1[nH]2)-c1ccccc1-5)c1ccccc41)-c1cc(C=O)ccc1-3.CC.CC.CC. The van der Waals surface area contributed by atoms with Crippen LogP contribution in [-0.2, 0) is 0 Å². The number of rotatable bonds is 3. The molecule has 0 saturated heterocycles. The number of benzene rings is 3. The molecule has 0 atom stereocenters. The third kappa shape index (κ3) is 5.71. The first-order valence-electron chi connectivity index (χ1n) is 16.2. The summed E-state index contributed by atoms with van der Waals surface area (Å²) in [5.41, 5.74) is 7.43. The summed E-state index contributed by atoms with van der Waals surface area (Å²) in [6.07, 6.45) is 4.24. The van der Waals surface area contributed by atoms with Crippen molar-refractivity contribution in [3.63, 3.8) is 0 Å². The second-order valence-electron chi connectivity index (χ2n) is 9.86. The van der Waals surface area contributed by atoms with Crippen molar-refractivity contribution in [3.8, 4) is 45.6 Å². The first-order valence-corrected chi connectivity index (χ1v) is 16.2. The number of H-pyrrole nitrogens is 2. The van der Waals surface area contributed by atoms with Crippen molar-refractivity contribution in [2.45, 2.75) is 41.5 Å². The molecular formula is C39H38N8O. The number of nitrogens with one attached hydrogen (secondary N) is 2. The Hall–Kier alpha value is -6.09. The van der Waals surface area contributed by atoms with Gasteiger partial charge in [-0.2, -0.15) is 0 Å². The monoisotopic (exact) mass is 634 g/mol. The van der Waals surface area contributed by atoms with Gasteiger partial charge in [0.2, 0.25) is 0 Å². The van der Waals surface area contributed by atoms with Crippen molar-refractivity contribution in [1.29, 1.82) is 0 Å². The van der Waals surface area contributed by atoms with Crippen molar-refractivity contribution < 1.29 is 4.79 Å². The van der Waals surface area contributed by atoms with E-state index in [0.717, 1.165) is 44.9 Å². The molecule has 0 unspecified atom stereocenters. The molecule has 5 heterocycles. The summed E-state index contributed by atoms with van der Waals surface area (Å²) in [7, 11) is 0. The molecule has 8 rings (SSSR count). The van der Waals surface area contributed by atoms with E-state index in [2.05, 4.69) is 23.1 Å². The smallest absolute Gasteiger partial charge is 0.164 e. The second kappa shape index (κ2) is 14.6. The molecule has 3 aromatic carbocycles. The number of nitrogens with zero attached hydrogens (tertiary/aromatic N) is 6. The Labute approximate surface area is 279 Å². The Bertz CT molecular complexity index is 2330. The van der Waals surface area contributed by atoms with E-state index in [-0.39, 0.29) is 0 Å². The zero-order valence-corrected chi connectivity index (χ0v) is 28.1. The van der Waals surface area contributed by atoms with Crippen LogP contribution in [0.25, 0.3) is 91.1 Å². The summed E-state index contributed by atoms with van der Waals surface area (Å²) in [6.45, 7) is 20.0. The van der Waals surface area contributed by atoms with Crippen molar-refractivity contribution in [2.75, 3.05) is 0 Å². The average Bonchev–Trinajstić information content (AvgIpc) is 3.88. The first kappa shape index (κ1) is 33.3. The van der Waals surface area contributed by atoms with E-state index >= 15 is 0 Å². The summed E-state index contributed by atoms with van der Waals surface area (Å²) in [4.78, 5) is 47.9. The fourth-order valence-electron chi connectivity index (χ4n) is 5.51. The average molecular weight is 635 g/mol. The van der Waals surface area contributed by atoms with Gasteiger partial charge in [0, 0.05) is 49.7 Å². The zero-order valence-electron chi connectivity index (χ0n) is 28.1. The van der Waals surface area contributed by atoms with Crippen LogP contribution in [0.5, 0.6) is 0 Å². The highest BCUT2D eigenvalue weighted by molar-refractivity contribution is 6.05. The fourth-order valence-corrected chi connectivity index (χ4v) is 5.51. The predicted octanol–water partition coefficient (Wildman–Crippen LogP) is 9.89. The maximum absolute atomic E-state index is 11.7. The maximum atomic E-state index is 11.7. The van der Waals surface area contributed by atoms with Crippen LogP contribution in [0, 0.1) is 0 Å². The Morgan fingerprint density at radius 2 is 0.896 bits per heavy atom. The van der Waals surface area contributed by atoms with Gasteiger partial charge >= 0.3 is 0 Å². The number of aromatic nitrogens is 8. The quantitative estimate of drug-likeness (QED) is 0.185. The summed E-state index contributed by atoms with van der Waals surface area (Å²) >= 11 is 0. The number of fused-ring (bicyclic) bond motifs is 17. The molecule has 0 spiro atoms. The summed E-state index contributed by atoms with van der Waals surface area (Å²) in [5.74, 6) is 1.92. The molecule has 0 radical (unpaired) electrons. The molecule has 0 aliphatic carbocycles. The van der Waals surface area contributed by atoms with Gasteiger partial charge in [0.25, 0.3) is 0 Å². The summed E-state index contributed by atoms with van der Waals surface area (Å²) < 4.78 is 0. The van der Waals surface area contributed by atoms with E-state index in [1.165, 1.54) is 0 Å². The van der Waals surface area contributed by atoms with Crippen molar-refractivity contribution in [3.05, 3.63) is 96.6 Å². The third-order valence-corrected chi connectivity index (χ3v) is 7.48. The van der Waals surface area contributed by atoms with Crippen LogP contribution in [0.1, 0.15) is 63.0 Å². The number of aldehydes is 1. The van der Waals surface area contributed by atoms with Gasteiger partial charge in [-0.25, -0.2) is 29.9 Å². The van der Waals surface area contributed by atoms with Gasteiger partial charge in [-0.1, -0.05) is 121 Å². The largest absolute Gasteiger partial charge is 0.324 e. The first-order chi connectivity index (χ1) is 23.6. The predicted molar refractivity (Wildman–Crippen MR) is 198 cm³/mol. The lowest BCUT2D eigenvalue weighted by Crippen LogP contribution is -1.86. The lowest BCUT2D eigenvalue weighted by molar-refractivity contribution is 0.112. The van der Waals surface area contributed by atoms with Gasteiger partial charge in [-0.3, -0.25) is 4.79 Å². The van der Waals surface area contributed by atoms with Crippen molar-refractivity contribution >= 4 is 51.8 Å². The van der Waals surface area contributed by atoms with Crippen LogP contribution >= 0.6 is 0 Å². The molecule has 0 fully saturated rings. The minimum atomic E-state index is 0.429. The summed E-state index contributed by atoms with van der Waals surface area (Å²) in [5, 5.41) is 1.76. The van der Waals surface area contributed by atoms with Gasteiger partial charge in [-0.15, -0.1) is 0 Å². The van der Waals surface area contributed by atoms with Gasteiger partial charge in [0.05, 0.1) is 0 Å². The van der Waals surface area contributed by atoms with E-state index in [1.54, 1.807) is 24.3 Å². The number of hydrogen-bond donors (Lipinski definition) is 2. The molecule has 9 nitrogen and oxygen atoms in total. The normalized spacial score (nSPS) is 10.5. The standard InChI is InChI=1S/C33H20N8O.3C2H6/c1-3-18-19(4-2)27-34-26(18)35-28-20-9-5-6-10-21(20)29(37-28)38-30-22-11-7-8-12-23(22)31(39-30)40-33-25-15-17(16-42)13-14-24(25)32(36-27)41-33;3*1-2/h3-16H,1-2H2,(H2,34,35,36,37,38,39,40,41);3*1-2H3. The highest BCUT2D eigenvalue weighted by atomic mass is 16.1.